The summed E-state index contributed by atoms with van der Waals surface area (Å²) in [7, 11) is 0. The van der Waals surface area contributed by atoms with Gasteiger partial charge in [0.15, 0.2) is 0 Å². The number of rotatable bonds is 23. The van der Waals surface area contributed by atoms with Gasteiger partial charge in [0.2, 0.25) is 0 Å². The lowest BCUT2D eigenvalue weighted by molar-refractivity contribution is -0.142. The molecule has 1 rings (SSSR count). The summed E-state index contributed by atoms with van der Waals surface area (Å²) in [5, 5.41) is 2.63. The molecule has 0 unspecified atom stereocenters. The zero-order valence-electron chi connectivity index (χ0n) is 20.6. The standard InChI is InChI=1S/C24H39NO10/c1-22(26)34-20-19-33-18-17-32-16-15-31-14-13-30-12-11-29-10-9-28-8-7-25-24(27)35-21-23-5-3-2-4-6-23/h2-6H,7-21H2,1H3,(H,25,27). The van der Waals surface area contributed by atoms with Gasteiger partial charge in [0.25, 0.3) is 0 Å². The van der Waals surface area contributed by atoms with E-state index >= 15 is 0 Å². The van der Waals surface area contributed by atoms with E-state index in [4.69, 9.17) is 37.9 Å². The summed E-state index contributed by atoms with van der Waals surface area (Å²) in [5.41, 5.74) is 0.936. The van der Waals surface area contributed by atoms with Crippen LogP contribution in [0.15, 0.2) is 30.3 Å². The van der Waals surface area contributed by atoms with Gasteiger partial charge in [-0.3, -0.25) is 4.79 Å². The van der Waals surface area contributed by atoms with Crippen molar-refractivity contribution in [1.82, 2.24) is 5.32 Å². The number of benzene rings is 1. The molecule has 0 bridgehead atoms. The van der Waals surface area contributed by atoms with Crippen LogP contribution in [0.25, 0.3) is 0 Å². The second kappa shape index (κ2) is 23.5. The number of carbonyl (C=O) groups is 2. The summed E-state index contributed by atoms with van der Waals surface area (Å²) in [4.78, 5) is 22.1. The van der Waals surface area contributed by atoms with E-state index in [0.717, 1.165) is 5.56 Å². The predicted molar refractivity (Wildman–Crippen MR) is 126 cm³/mol. The van der Waals surface area contributed by atoms with Gasteiger partial charge in [-0.1, -0.05) is 30.3 Å². The van der Waals surface area contributed by atoms with Crippen LogP contribution < -0.4 is 5.32 Å². The van der Waals surface area contributed by atoms with E-state index in [0.29, 0.717) is 85.8 Å². The molecule has 0 heterocycles. The molecular formula is C24H39NO10. The van der Waals surface area contributed by atoms with Crippen LogP contribution in [0.2, 0.25) is 0 Å². The number of hydrogen-bond donors (Lipinski definition) is 1. The third kappa shape index (κ3) is 22.0. The Hall–Kier alpha value is -2.28. The van der Waals surface area contributed by atoms with Gasteiger partial charge in [0.05, 0.1) is 79.3 Å². The number of esters is 1. The minimum atomic E-state index is -0.471. The number of carbonyl (C=O) groups excluding carboxylic acids is 2. The van der Waals surface area contributed by atoms with E-state index in [9.17, 15) is 9.59 Å². The van der Waals surface area contributed by atoms with Gasteiger partial charge < -0.3 is 43.2 Å². The molecule has 0 aliphatic carbocycles. The van der Waals surface area contributed by atoms with Crippen molar-refractivity contribution in [1.29, 1.82) is 0 Å². The molecule has 35 heavy (non-hydrogen) atoms. The zero-order valence-corrected chi connectivity index (χ0v) is 20.6. The van der Waals surface area contributed by atoms with Crippen LogP contribution in [0.1, 0.15) is 12.5 Å². The molecule has 1 aromatic carbocycles. The largest absolute Gasteiger partial charge is 0.463 e. The van der Waals surface area contributed by atoms with Gasteiger partial charge in [0, 0.05) is 13.5 Å². The van der Waals surface area contributed by atoms with Crippen molar-refractivity contribution in [3.8, 4) is 0 Å². The summed E-state index contributed by atoms with van der Waals surface area (Å²) in [6, 6.07) is 9.49. The maximum Gasteiger partial charge on any atom is 0.407 e. The Morgan fingerprint density at radius 3 is 1.49 bits per heavy atom. The van der Waals surface area contributed by atoms with Crippen molar-refractivity contribution in [3.63, 3.8) is 0 Å². The average Bonchev–Trinajstić information content (AvgIpc) is 2.86. The van der Waals surface area contributed by atoms with Crippen molar-refractivity contribution in [2.75, 3.05) is 92.4 Å². The molecule has 0 saturated carbocycles. The van der Waals surface area contributed by atoms with Crippen molar-refractivity contribution in [2.45, 2.75) is 13.5 Å². The van der Waals surface area contributed by atoms with Crippen molar-refractivity contribution in [2.24, 2.45) is 0 Å². The fraction of sp³-hybridized carbons (Fsp3) is 0.667. The normalized spacial score (nSPS) is 10.8. The summed E-state index contributed by atoms with van der Waals surface area (Å²) in [6.07, 6.45) is -0.471. The number of hydrogen-bond acceptors (Lipinski definition) is 10. The maximum atomic E-state index is 11.6. The predicted octanol–water partition coefficient (Wildman–Crippen LogP) is 1.58. The van der Waals surface area contributed by atoms with Crippen LogP contribution in [0.3, 0.4) is 0 Å². The third-order valence-electron chi connectivity index (χ3n) is 4.12. The lowest BCUT2D eigenvalue weighted by Crippen LogP contribution is -2.28. The minimum absolute atomic E-state index is 0.238. The molecular weight excluding hydrogens is 462 g/mol. The van der Waals surface area contributed by atoms with Gasteiger partial charge in [-0.15, -0.1) is 0 Å². The SMILES string of the molecule is CC(=O)OCCOCCOCCOCCOCCOCCOCCNC(=O)OCc1ccccc1. The molecule has 11 nitrogen and oxygen atoms in total. The number of ether oxygens (including phenoxy) is 8. The van der Waals surface area contributed by atoms with E-state index in [2.05, 4.69) is 5.32 Å². The Morgan fingerprint density at radius 2 is 1.03 bits per heavy atom. The summed E-state index contributed by atoms with van der Waals surface area (Å²) < 4.78 is 42.0. The molecule has 1 N–H and O–H groups in total. The molecule has 0 radical (unpaired) electrons. The lowest BCUT2D eigenvalue weighted by atomic mass is 10.2. The first kappa shape index (κ1) is 30.8. The fourth-order valence-corrected chi connectivity index (χ4v) is 2.45. The van der Waals surface area contributed by atoms with E-state index < -0.39 is 6.09 Å². The molecule has 0 fully saturated rings. The summed E-state index contributed by atoms with van der Waals surface area (Å²) in [5.74, 6) is -0.315. The van der Waals surface area contributed by atoms with Crippen molar-refractivity contribution in [3.05, 3.63) is 35.9 Å². The Morgan fingerprint density at radius 1 is 0.600 bits per heavy atom. The molecule has 0 aliphatic rings. The van der Waals surface area contributed by atoms with Gasteiger partial charge in [-0.2, -0.15) is 0 Å². The molecule has 0 aliphatic heterocycles. The van der Waals surface area contributed by atoms with E-state index in [1.54, 1.807) is 0 Å². The van der Waals surface area contributed by atoms with Crippen LogP contribution in [-0.2, 0) is 49.3 Å². The van der Waals surface area contributed by atoms with Crippen LogP contribution in [0, 0.1) is 0 Å². The molecule has 0 aromatic heterocycles. The molecule has 0 saturated heterocycles. The summed E-state index contributed by atoms with van der Waals surface area (Å²) in [6.45, 7) is 7.58. The van der Waals surface area contributed by atoms with Crippen LogP contribution >= 0.6 is 0 Å². The monoisotopic (exact) mass is 501 g/mol. The Labute approximate surface area is 207 Å². The van der Waals surface area contributed by atoms with Gasteiger partial charge in [-0.05, 0) is 5.56 Å². The average molecular weight is 502 g/mol. The highest BCUT2D eigenvalue weighted by Crippen LogP contribution is 2.00. The molecule has 1 aromatic rings. The quantitative estimate of drug-likeness (QED) is 0.175. The highest BCUT2D eigenvalue weighted by atomic mass is 16.6. The molecule has 200 valence electrons. The minimum Gasteiger partial charge on any atom is -0.463 e. The van der Waals surface area contributed by atoms with Gasteiger partial charge in [-0.25, -0.2) is 4.79 Å². The second-order valence-electron chi connectivity index (χ2n) is 7.00. The maximum absolute atomic E-state index is 11.6. The Kier molecular flexibility index (Phi) is 20.6. The first-order chi connectivity index (χ1) is 17.2. The molecule has 11 heteroatoms. The highest BCUT2D eigenvalue weighted by Gasteiger charge is 2.01. The smallest absolute Gasteiger partial charge is 0.407 e. The zero-order chi connectivity index (χ0) is 25.2. The van der Waals surface area contributed by atoms with E-state index in [1.807, 2.05) is 30.3 Å². The first-order valence-corrected chi connectivity index (χ1v) is 11.7. The Balaban J connectivity index is 1.69. The molecule has 0 atom stereocenters. The number of alkyl carbamates (subject to hydrolysis) is 1. The van der Waals surface area contributed by atoms with Crippen LogP contribution in [0.5, 0.6) is 0 Å². The van der Waals surface area contributed by atoms with Gasteiger partial charge >= 0.3 is 12.1 Å². The summed E-state index contributed by atoms with van der Waals surface area (Å²) >= 11 is 0. The topological polar surface area (TPSA) is 120 Å². The Bertz CT molecular complexity index is 632. The molecule has 1 amide bonds. The van der Waals surface area contributed by atoms with Crippen molar-refractivity contribution >= 4 is 12.1 Å². The number of amides is 1. The number of nitrogens with one attached hydrogen (secondary N) is 1. The van der Waals surface area contributed by atoms with E-state index in [1.165, 1.54) is 6.92 Å². The van der Waals surface area contributed by atoms with Crippen LogP contribution in [-0.4, -0.2) is 104 Å². The molecule has 0 spiro atoms. The highest BCUT2D eigenvalue weighted by molar-refractivity contribution is 5.67. The lowest BCUT2D eigenvalue weighted by Gasteiger charge is -2.09. The fourth-order valence-electron chi connectivity index (χ4n) is 2.45. The third-order valence-corrected chi connectivity index (χ3v) is 4.12. The second-order valence-corrected chi connectivity index (χ2v) is 7.00. The van der Waals surface area contributed by atoms with Crippen LogP contribution in [0.4, 0.5) is 4.79 Å². The van der Waals surface area contributed by atoms with Gasteiger partial charge in [0.1, 0.15) is 13.2 Å². The first-order valence-electron chi connectivity index (χ1n) is 11.7. The van der Waals surface area contributed by atoms with Crippen molar-refractivity contribution < 1.29 is 47.5 Å². The van der Waals surface area contributed by atoms with E-state index in [-0.39, 0.29) is 19.2 Å².